The van der Waals surface area contributed by atoms with Crippen LogP contribution in [0.15, 0.2) is 48.5 Å². The van der Waals surface area contributed by atoms with Crippen LogP contribution in [0.1, 0.15) is 27.9 Å². The maximum atomic E-state index is 11.3. The highest BCUT2D eigenvalue weighted by molar-refractivity contribution is 7.17. The molecular formula is C21H21NO4S. The van der Waals surface area contributed by atoms with Crippen molar-refractivity contribution in [2.45, 2.75) is 20.3 Å². The van der Waals surface area contributed by atoms with Crippen LogP contribution in [0, 0.1) is 6.92 Å². The lowest BCUT2D eigenvalue weighted by Gasteiger charge is -2.09. The Morgan fingerprint density at radius 3 is 2.33 bits per heavy atom. The molecule has 3 aromatic rings. The lowest BCUT2D eigenvalue weighted by atomic mass is 10.2. The molecule has 0 aliphatic rings. The first-order valence-electron chi connectivity index (χ1n) is 8.72. The molecule has 0 saturated heterocycles. The van der Waals surface area contributed by atoms with E-state index in [2.05, 4.69) is 4.98 Å². The zero-order valence-corrected chi connectivity index (χ0v) is 16.1. The zero-order valence-electron chi connectivity index (χ0n) is 15.3. The van der Waals surface area contributed by atoms with Gasteiger partial charge in [0.05, 0.1) is 5.69 Å². The molecule has 0 amide bonds. The molecule has 0 aliphatic heterocycles. The van der Waals surface area contributed by atoms with Gasteiger partial charge in [0.1, 0.15) is 34.6 Å². The van der Waals surface area contributed by atoms with Crippen LogP contribution in [0.5, 0.6) is 11.5 Å². The van der Waals surface area contributed by atoms with Crippen LogP contribution in [0.3, 0.4) is 0 Å². The van der Waals surface area contributed by atoms with Crippen LogP contribution in [0.2, 0.25) is 0 Å². The molecule has 0 fully saturated rings. The quantitative estimate of drug-likeness (QED) is 0.564. The Balaban J connectivity index is 1.63. The molecule has 0 atom stereocenters. The summed E-state index contributed by atoms with van der Waals surface area (Å²) in [5, 5.41) is 9.98. The molecule has 140 valence electrons. The van der Waals surface area contributed by atoms with Crippen molar-refractivity contribution in [3.05, 3.63) is 64.7 Å². The largest absolute Gasteiger partial charge is 0.490 e. The standard InChI is InChI=1S/C21H21NO4S/c1-3-18-19(21(23)24)27-20(22-18)15-7-5-9-17(13-15)26-11-10-25-16-8-4-6-14(2)12-16/h4-9,12-13H,3,10-11H2,1-2H3,(H,23,24). The number of ether oxygens (including phenoxy) is 2. The van der Waals surface area contributed by atoms with E-state index in [1.807, 2.05) is 62.4 Å². The third-order valence-corrected chi connectivity index (χ3v) is 5.05. The number of carboxylic acid groups (broad SMARTS) is 1. The molecular weight excluding hydrogens is 362 g/mol. The van der Waals surface area contributed by atoms with E-state index < -0.39 is 5.97 Å². The Bertz CT molecular complexity index is 935. The molecule has 0 saturated carbocycles. The van der Waals surface area contributed by atoms with E-state index in [9.17, 15) is 9.90 Å². The molecule has 0 spiro atoms. The van der Waals surface area contributed by atoms with Crippen molar-refractivity contribution < 1.29 is 19.4 Å². The molecule has 3 rings (SSSR count). The van der Waals surface area contributed by atoms with Crippen molar-refractivity contribution in [3.63, 3.8) is 0 Å². The zero-order chi connectivity index (χ0) is 19.2. The Morgan fingerprint density at radius 1 is 1.07 bits per heavy atom. The molecule has 5 nitrogen and oxygen atoms in total. The summed E-state index contributed by atoms with van der Waals surface area (Å²) in [5.41, 5.74) is 2.61. The van der Waals surface area contributed by atoms with Gasteiger partial charge in [-0.05, 0) is 43.2 Å². The molecule has 0 radical (unpaired) electrons. The smallest absolute Gasteiger partial charge is 0.347 e. The number of hydrogen-bond acceptors (Lipinski definition) is 5. The van der Waals surface area contributed by atoms with E-state index >= 15 is 0 Å². The first-order chi connectivity index (χ1) is 13.1. The minimum atomic E-state index is -0.934. The van der Waals surface area contributed by atoms with Gasteiger partial charge in [0, 0.05) is 5.56 Å². The highest BCUT2D eigenvalue weighted by Crippen LogP contribution is 2.30. The van der Waals surface area contributed by atoms with Gasteiger partial charge in [-0.15, -0.1) is 11.3 Å². The van der Waals surface area contributed by atoms with Crippen LogP contribution in [0.4, 0.5) is 0 Å². The first-order valence-corrected chi connectivity index (χ1v) is 9.54. The summed E-state index contributed by atoms with van der Waals surface area (Å²) in [6.07, 6.45) is 0.588. The van der Waals surface area contributed by atoms with Gasteiger partial charge < -0.3 is 14.6 Å². The van der Waals surface area contributed by atoms with Crippen molar-refractivity contribution in [1.82, 2.24) is 4.98 Å². The second kappa shape index (κ2) is 8.68. The molecule has 1 N–H and O–H groups in total. The minimum absolute atomic E-state index is 0.297. The number of hydrogen-bond donors (Lipinski definition) is 1. The van der Waals surface area contributed by atoms with Gasteiger partial charge in [0.2, 0.25) is 0 Å². The molecule has 0 bridgehead atoms. The fraction of sp³-hybridized carbons (Fsp3) is 0.238. The van der Waals surface area contributed by atoms with Gasteiger partial charge in [-0.1, -0.05) is 31.2 Å². The lowest BCUT2D eigenvalue weighted by Crippen LogP contribution is -2.09. The summed E-state index contributed by atoms with van der Waals surface area (Å²) in [6.45, 7) is 4.77. The third kappa shape index (κ3) is 4.86. The molecule has 0 aliphatic carbocycles. The number of carboxylic acids is 1. The van der Waals surface area contributed by atoms with Crippen molar-refractivity contribution in [3.8, 4) is 22.1 Å². The van der Waals surface area contributed by atoms with Gasteiger partial charge in [-0.25, -0.2) is 9.78 Å². The summed E-state index contributed by atoms with van der Waals surface area (Å²) in [7, 11) is 0. The monoisotopic (exact) mass is 383 g/mol. The Labute approximate surface area is 162 Å². The summed E-state index contributed by atoms with van der Waals surface area (Å²) >= 11 is 1.19. The predicted molar refractivity (Wildman–Crippen MR) is 106 cm³/mol. The molecule has 2 aromatic carbocycles. The number of benzene rings is 2. The number of rotatable bonds is 8. The molecule has 1 heterocycles. The topological polar surface area (TPSA) is 68.7 Å². The molecule has 0 unspecified atom stereocenters. The van der Waals surface area contributed by atoms with E-state index in [-0.39, 0.29) is 0 Å². The number of carbonyl (C=O) groups is 1. The fourth-order valence-electron chi connectivity index (χ4n) is 2.63. The predicted octanol–water partition coefficient (Wildman–Crippen LogP) is 4.84. The Morgan fingerprint density at radius 2 is 1.74 bits per heavy atom. The maximum absolute atomic E-state index is 11.3. The van der Waals surface area contributed by atoms with Crippen LogP contribution in [0.25, 0.3) is 10.6 Å². The van der Waals surface area contributed by atoms with E-state index in [0.29, 0.717) is 41.0 Å². The fourth-order valence-corrected chi connectivity index (χ4v) is 3.61. The van der Waals surface area contributed by atoms with E-state index in [4.69, 9.17) is 9.47 Å². The van der Waals surface area contributed by atoms with Gasteiger partial charge >= 0.3 is 5.97 Å². The SMILES string of the molecule is CCc1nc(-c2cccc(OCCOc3cccc(C)c3)c2)sc1C(=O)O. The third-order valence-electron chi connectivity index (χ3n) is 3.92. The van der Waals surface area contributed by atoms with Gasteiger partial charge in [-0.2, -0.15) is 0 Å². The van der Waals surface area contributed by atoms with Crippen LogP contribution >= 0.6 is 11.3 Å². The van der Waals surface area contributed by atoms with Crippen LogP contribution in [-0.2, 0) is 6.42 Å². The van der Waals surface area contributed by atoms with Crippen LogP contribution in [-0.4, -0.2) is 29.3 Å². The summed E-state index contributed by atoms with van der Waals surface area (Å²) in [5.74, 6) is 0.588. The number of aromatic carboxylic acids is 1. The highest BCUT2D eigenvalue weighted by Gasteiger charge is 2.17. The Hall–Kier alpha value is -2.86. The van der Waals surface area contributed by atoms with Crippen LogP contribution < -0.4 is 9.47 Å². The summed E-state index contributed by atoms with van der Waals surface area (Å²) in [6, 6.07) is 15.4. The van der Waals surface area contributed by atoms with Crippen molar-refractivity contribution in [2.75, 3.05) is 13.2 Å². The van der Waals surface area contributed by atoms with E-state index in [1.54, 1.807) is 0 Å². The maximum Gasteiger partial charge on any atom is 0.347 e. The number of aromatic nitrogens is 1. The van der Waals surface area contributed by atoms with Crippen molar-refractivity contribution in [2.24, 2.45) is 0 Å². The molecule has 1 aromatic heterocycles. The second-order valence-electron chi connectivity index (χ2n) is 5.99. The Kier molecular flexibility index (Phi) is 6.08. The van der Waals surface area contributed by atoms with Gasteiger partial charge in [0.15, 0.2) is 0 Å². The van der Waals surface area contributed by atoms with Crippen molar-refractivity contribution in [1.29, 1.82) is 0 Å². The summed E-state index contributed by atoms with van der Waals surface area (Å²) in [4.78, 5) is 16.1. The van der Waals surface area contributed by atoms with Crippen molar-refractivity contribution >= 4 is 17.3 Å². The minimum Gasteiger partial charge on any atom is -0.490 e. The molecule has 27 heavy (non-hydrogen) atoms. The highest BCUT2D eigenvalue weighted by atomic mass is 32.1. The van der Waals surface area contributed by atoms with Gasteiger partial charge in [-0.3, -0.25) is 0 Å². The number of aryl methyl sites for hydroxylation is 2. The van der Waals surface area contributed by atoms with E-state index in [0.717, 1.165) is 16.9 Å². The normalized spacial score (nSPS) is 10.6. The average molecular weight is 383 g/mol. The lowest BCUT2D eigenvalue weighted by molar-refractivity contribution is 0.0701. The second-order valence-corrected chi connectivity index (χ2v) is 6.99. The van der Waals surface area contributed by atoms with E-state index in [1.165, 1.54) is 11.3 Å². The van der Waals surface area contributed by atoms with Gasteiger partial charge in [0.25, 0.3) is 0 Å². The number of nitrogens with zero attached hydrogens (tertiary/aromatic N) is 1. The summed E-state index contributed by atoms with van der Waals surface area (Å²) < 4.78 is 11.4. The molecule has 6 heteroatoms. The number of thiazole rings is 1. The first kappa shape index (κ1) is 18.9. The average Bonchev–Trinajstić information content (AvgIpc) is 3.10.